The van der Waals surface area contributed by atoms with Crippen LogP contribution in [0.1, 0.15) is 69.4 Å². The molecule has 5 saturated heterocycles. The molecule has 15 nitrogen and oxygen atoms in total. The maximum absolute atomic E-state index is 15.7. The first-order valence-electron chi connectivity index (χ1n) is 23.5. The predicted octanol–water partition coefficient (Wildman–Crippen LogP) is 6.64. The van der Waals surface area contributed by atoms with Crippen LogP contribution in [0.3, 0.4) is 0 Å². The van der Waals surface area contributed by atoms with Crippen molar-refractivity contribution in [2.24, 2.45) is 5.92 Å². The number of fused-ring (bicyclic) bond motifs is 3. The number of pyridine rings is 1. The summed E-state index contributed by atoms with van der Waals surface area (Å²) < 4.78 is 24.6. The van der Waals surface area contributed by atoms with Crippen molar-refractivity contribution in [3.8, 4) is 17.0 Å². The van der Waals surface area contributed by atoms with Gasteiger partial charge in [0.2, 0.25) is 5.91 Å². The minimum Gasteiger partial charge on any atom is -0.507 e. The molecule has 11 rings (SSSR count). The Kier molecular flexibility index (Phi) is 10.8. The molecule has 6 aliphatic rings. The van der Waals surface area contributed by atoms with Gasteiger partial charge in [-0.25, -0.2) is 14.2 Å². The molecule has 16 heteroatoms. The van der Waals surface area contributed by atoms with E-state index in [0.717, 1.165) is 132 Å². The number of imide groups is 1. The molecule has 65 heavy (non-hydrogen) atoms. The number of nitrogens with zero attached hydrogens (tertiary/aromatic N) is 9. The molecule has 1 saturated carbocycles. The number of amides is 3. The minimum absolute atomic E-state index is 0.140. The number of hydrogen-bond donors (Lipinski definition) is 3. The molecule has 5 aromatic rings. The van der Waals surface area contributed by atoms with Crippen molar-refractivity contribution in [2.45, 2.75) is 88.4 Å². The first-order chi connectivity index (χ1) is 31.6. The van der Waals surface area contributed by atoms with E-state index in [0.29, 0.717) is 47.0 Å². The number of urea groups is 1. The number of anilines is 5. The SMILES string of the molecule is Cc1cn(C2CCC3(CC2)CN(CC2CCN(c4cc(N5C6CCC5CN(c5cc(-c7ccccc7O)nnc5N)C6)ccc4F)CC2)CCO3)c2ncc(N3CCC(=O)NC3=O)cc12. The summed E-state index contributed by atoms with van der Waals surface area (Å²) >= 11 is 0. The zero-order valence-corrected chi connectivity index (χ0v) is 37.0. The van der Waals surface area contributed by atoms with Crippen LogP contribution in [0.25, 0.3) is 22.3 Å². The molecule has 1 spiro atoms. The van der Waals surface area contributed by atoms with Crippen LogP contribution in [0.5, 0.6) is 5.75 Å². The summed E-state index contributed by atoms with van der Waals surface area (Å²) in [5.41, 5.74) is 12.8. The molecule has 2 atom stereocenters. The van der Waals surface area contributed by atoms with Crippen molar-refractivity contribution in [2.75, 3.05) is 84.3 Å². The third kappa shape index (κ3) is 7.87. The van der Waals surface area contributed by atoms with E-state index < -0.39 is 6.03 Å². The van der Waals surface area contributed by atoms with E-state index in [1.807, 2.05) is 30.3 Å². The van der Waals surface area contributed by atoms with Crippen molar-refractivity contribution in [3.05, 3.63) is 78.4 Å². The number of nitrogens with one attached hydrogen (secondary N) is 1. The van der Waals surface area contributed by atoms with Gasteiger partial charge in [0, 0.05) is 99.7 Å². The number of ether oxygens (including phenoxy) is 1. The number of aromatic nitrogens is 4. The number of rotatable bonds is 8. The summed E-state index contributed by atoms with van der Waals surface area (Å²) in [6.07, 6.45) is 12.4. The highest BCUT2D eigenvalue weighted by Gasteiger charge is 2.43. The van der Waals surface area contributed by atoms with Gasteiger partial charge in [0.25, 0.3) is 0 Å². The van der Waals surface area contributed by atoms with Crippen molar-refractivity contribution in [3.63, 3.8) is 0 Å². The number of nitrogens with two attached hydrogens (primary N) is 1. The van der Waals surface area contributed by atoms with Crippen LogP contribution in [0, 0.1) is 18.7 Å². The Morgan fingerprint density at radius 1 is 0.877 bits per heavy atom. The van der Waals surface area contributed by atoms with E-state index in [1.54, 1.807) is 29.3 Å². The topological polar surface area (TPSA) is 161 Å². The molecule has 2 unspecified atom stereocenters. The largest absolute Gasteiger partial charge is 0.507 e. The van der Waals surface area contributed by atoms with Crippen LogP contribution < -0.4 is 30.7 Å². The average Bonchev–Trinajstić information content (AvgIpc) is 3.78. The summed E-state index contributed by atoms with van der Waals surface area (Å²) in [6.45, 7) is 9.33. The third-order valence-corrected chi connectivity index (χ3v) is 15.3. The van der Waals surface area contributed by atoms with Crippen LogP contribution >= 0.6 is 0 Å². The molecule has 2 bridgehead atoms. The van der Waals surface area contributed by atoms with Gasteiger partial charge in [-0.3, -0.25) is 19.9 Å². The number of carbonyl (C=O) groups is 2. The maximum Gasteiger partial charge on any atom is 0.328 e. The van der Waals surface area contributed by atoms with Crippen molar-refractivity contribution < 1.29 is 23.8 Å². The number of phenols is 1. The minimum atomic E-state index is -0.398. The molecular weight excluding hydrogens is 826 g/mol. The fourth-order valence-corrected chi connectivity index (χ4v) is 11.9. The lowest BCUT2D eigenvalue weighted by atomic mass is 9.80. The van der Waals surface area contributed by atoms with E-state index in [1.165, 1.54) is 0 Å². The fraction of sp³-hybridized carbons (Fsp3) is 0.490. The number of aromatic hydroxyl groups is 1. The lowest BCUT2D eigenvalue weighted by molar-refractivity contribution is -0.133. The van der Waals surface area contributed by atoms with E-state index in [2.05, 4.69) is 58.9 Å². The molecule has 4 N–H and O–H groups in total. The maximum atomic E-state index is 15.7. The zero-order chi connectivity index (χ0) is 44.4. The second kappa shape index (κ2) is 16.8. The van der Waals surface area contributed by atoms with E-state index >= 15 is 4.39 Å². The Bertz CT molecular complexity index is 2610. The van der Waals surface area contributed by atoms with Gasteiger partial charge in [-0.05, 0) is 112 Å². The smallest absolute Gasteiger partial charge is 0.328 e. The van der Waals surface area contributed by atoms with E-state index in [9.17, 15) is 14.7 Å². The van der Waals surface area contributed by atoms with Gasteiger partial charge in [-0.15, -0.1) is 10.2 Å². The molecule has 8 heterocycles. The Morgan fingerprint density at radius 2 is 1.66 bits per heavy atom. The highest BCUT2D eigenvalue weighted by Crippen LogP contribution is 2.43. The normalized spacial score (nSPS) is 25.5. The van der Waals surface area contributed by atoms with Crippen LogP contribution in [0.15, 0.2) is 67.0 Å². The predicted molar refractivity (Wildman–Crippen MR) is 249 cm³/mol. The van der Waals surface area contributed by atoms with Crippen molar-refractivity contribution in [1.29, 1.82) is 0 Å². The zero-order valence-electron chi connectivity index (χ0n) is 37.0. The Balaban J connectivity index is 0.693. The molecule has 2 aromatic carbocycles. The van der Waals surface area contributed by atoms with Crippen LogP contribution in [0.4, 0.5) is 37.8 Å². The first-order valence-corrected chi connectivity index (χ1v) is 23.5. The molecule has 5 aliphatic heterocycles. The number of morpholine rings is 1. The van der Waals surface area contributed by atoms with Crippen molar-refractivity contribution >= 4 is 51.5 Å². The number of nitrogen functional groups attached to an aromatic ring is 1. The second-order valence-corrected chi connectivity index (χ2v) is 19.3. The number of piperidine rings is 1. The number of halogens is 1. The standard InChI is InChI=1S/C49H58FN11O4/c1-31-26-60(47-39(31)22-37(25-52-47)59-19-14-45(63)53-48(59)64)33-10-15-49(16-11-33)30-56(20-21-65-49)27-32-12-17-57(18-13-32)42-23-34(8-9-40(42)50)61-35-6-7-36(61)29-58(28-35)43-24-41(54-55-46(43)51)38-4-2-3-5-44(38)62/h2-5,8-9,22-26,32-33,35-36,62H,6-7,10-21,27-30H2,1H3,(H2,51,55)(H,53,63,64). The highest BCUT2D eigenvalue weighted by atomic mass is 19.1. The molecule has 3 amide bonds. The summed E-state index contributed by atoms with van der Waals surface area (Å²) in [5, 5.41) is 22.5. The summed E-state index contributed by atoms with van der Waals surface area (Å²) in [7, 11) is 0. The third-order valence-electron chi connectivity index (χ3n) is 15.3. The lowest BCUT2D eigenvalue weighted by Gasteiger charge is -2.48. The van der Waals surface area contributed by atoms with E-state index in [-0.39, 0.29) is 41.6 Å². The Labute approximate surface area is 378 Å². The number of benzene rings is 2. The quantitative estimate of drug-likeness (QED) is 0.153. The molecule has 0 radical (unpaired) electrons. The van der Waals surface area contributed by atoms with Gasteiger partial charge in [-0.2, -0.15) is 0 Å². The number of aryl methyl sites for hydroxylation is 1. The monoisotopic (exact) mass is 883 g/mol. The first kappa shape index (κ1) is 41.7. The Hall–Kier alpha value is -6.00. The summed E-state index contributed by atoms with van der Waals surface area (Å²) in [4.78, 5) is 40.4. The highest BCUT2D eigenvalue weighted by molar-refractivity contribution is 6.06. The summed E-state index contributed by atoms with van der Waals surface area (Å²) in [6, 6.07) is 17.2. The molecule has 1 aliphatic carbocycles. The second-order valence-electron chi connectivity index (χ2n) is 19.3. The molecule has 6 fully saturated rings. The average molecular weight is 884 g/mol. The Morgan fingerprint density at radius 3 is 2.43 bits per heavy atom. The fourth-order valence-electron chi connectivity index (χ4n) is 11.9. The number of piperazine rings is 1. The van der Waals surface area contributed by atoms with Crippen LogP contribution in [-0.4, -0.2) is 118 Å². The number of hydrogen-bond acceptors (Lipinski definition) is 12. The number of carbonyl (C=O) groups excluding carboxylic acids is 2. The van der Waals surface area contributed by atoms with Crippen LogP contribution in [-0.2, 0) is 9.53 Å². The van der Waals surface area contributed by atoms with Gasteiger partial charge in [0.1, 0.15) is 17.2 Å². The number of para-hydroxylation sites is 1. The van der Waals surface area contributed by atoms with Gasteiger partial charge in [0.05, 0.1) is 41.2 Å². The van der Waals surface area contributed by atoms with E-state index in [4.69, 9.17) is 15.5 Å². The van der Waals surface area contributed by atoms with Gasteiger partial charge >= 0.3 is 6.03 Å². The molecule has 3 aromatic heterocycles. The van der Waals surface area contributed by atoms with Crippen LogP contribution in [0.2, 0.25) is 0 Å². The van der Waals surface area contributed by atoms with Crippen molar-refractivity contribution in [1.82, 2.24) is 30.0 Å². The molecular formula is C49H58FN11O4. The van der Waals surface area contributed by atoms with Gasteiger partial charge in [-0.1, -0.05) is 12.1 Å². The summed E-state index contributed by atoms with van der Waals surface area (Å²) in [5.74, 6) is 0.674. The molecule has 340 valence electrons. The van der Waals surface area contributed by atoms with Gasteiger partial charge < -0.3 is 34.8 Å². The van der Waals surface area contributed by atoms with Gasteiger partial charge in [0.15, 0.2) is 5.82 Å². The lowest BCUT2D eigenvalue weighted by Crippen LogP contribution is -2.54. The number of phenolic OH excluding ortho intramolecular Hbond substituents is 1.